The number of methoxy groups -OCH3 is 1. The highest BCUT2D eigenvalue weighted by atomic mass is 35.5. The Morgan fingerprint density at radius 1 is 1.14 bits per heavy atom. The van der Waals surface area contributed by atoms with Crippen LogP contribution in [0.25, 0.3) is 0 Å². The van der Waals surface area contributed by atoms with Crippen molar-refractivity contribution in [1.82, 2.24) is 10.3 Å². The van der Waals surface area contributed by atoms with E-state index < -0.39 is 23.7 Å². The SMILES string of the molecule is CNC(=O)C(c1ccc(F)cc1)N(CCCc1ccc(C(F)(F)F)nc1)c1cc(Cl)ccc1OC. The number of rotatable bonds is 9. The molecule has 0 saturated heterocycles. The highest BCUT2D eigenvalue weighted by Crippen LogP contribution is 2.37. The van der Waals surface area contributed by atoms with Crippen molar-refractivity contribution in [2.75, 3.05) is 25.6 Å². The smallest absolute Gasteiger partial charge is 0.433 e. The number of hydrogen-bond acceptors (Lipinski definition) is 4. The van der Waals surface area contributed by atoms with E-state index in [2.05, 4.69) is 10.3 Å². The van der Waals surface area contributed by atoms with Crippen molar-refractivity contribution in [1.29, 1.82) is 0 Å². The first-order chi connectivity index (χ1) is 16.6. The van der Waals surface area contributed by atoms with Crippen LogP contribution in [0.5, 0.6) is 5.75 Å². The number of carbonyl (C=O) groups is 1. The summed E-state index contributed by atoms with van der Waals surface area (Å²) in [6.07, 6.45) is -2.43. The number of amides is 1. The minimum atomic E-state index is -4.51. The standard InChI is InChI=1S/C25H24ClF4N3O2/c1-31-24(34)23(17-6-9-19(27)10-7-17)33(20-14-18(26)8-11-21(20)35-2)13-3-4-16-5-12-22(32-15-16)25(28,29)30/h5-12,14-15,23H,3-4,13H2,1-2H3,(H,31,34). The maximum atomic E-state index is 13.6. The van der Waals surface area contributed by atoms with Crippen LogP contribution in [-0.4, -0.2) is 31.6 Å². The molecule has 0 spiro atoms. The Morgan fingerprint density at radius 2 is 1.86 bits per heavy atom. The number of aryl methyl sites for hydroxylation is 1. The maximum Gasteiger partial charge on any atom is 0.433 e. The predicted molar refractivity (Wildman–Crippen MR) is 126 cm³/mol. The summed E-state index contributed by atoms with van der Waals surface area (Å²) in [5, 5.41) is 3.07. The summed E-state index contributed by atoms with van der Waals surface area (Å²) in [4.78, 5) is 18.3. The number of hydrogen-bond donors (Lipinski definition) is 1. The number of ether oxygens (including phenoxy) is 1. The van der Waals surface area contributed by atoms with Crippen molar-refractivity contribution in [3.05, 3.63) is 88.5 Å². The van der Waals surface area contributed by atoms with Crippen molar-refractivity contribution >= 4 is 23.2 Å². The summed E-state index contributed by atoms with van der Waals surface area (Å²) >= 11 is 6.25. The Kier molecular flexibility index (Phi) is 8.56. The molecule has 3 rings (SSSR count). The molecule has 1 unspecified atom stereocenters. The van der Waals surface area contributed by atoms with Gasteiger partial charge in [0.05, 0.1) is 12.8 Å². The van der Waals surface area contributed by atoms with Gasteiger partial charge in [0.15, 0.2) is 0 Å². The van der Waals surface area contributed by atoms with Gasteiger partial charge in [0, 0.05) is 24.8 Å². The third-order valence-corrected chi connectivity index (χ3v) is 5.66. The number of halogens is 5. The van der Waals surface area contributed by atoms with Crippen molar-refractivity contribution in [2.24, 2.45) is 0 Å². The Morgan fingerprint density at radius 3 is 2.43 bits per heavy atom. The van der Waals surface area contributed by atoms with Crippen molar-refractivity contribution in [3.8, 4) is 5.75 Å². The van der Waals surface area contributed by atoms with Crippen LogP contribution in [0.1, 0.15) is 29.3 Å². The first-order valence-corrected chi connectivity index (χ1v) is 11.1. The van der Waals surface area contributed by atoms with Gasteiger partial charge in [-0.2, -0.15) is 13.2 Å². The van der Waals surface area contributed by atoms with Crippen LogP contribution in [0.2, 0.25) is 5.02 Å². The van der Waals surface area contributed by atoms with E-state index in [0.29, 0.717) is 47.0 Å². The summed E-state index contributed by atoms with van der Waals surface area (Å²) in [6.45, 7) is 0.313. The first-order valence-electron chi connectivity index (χ1n) is 10.7. The van der Waals surface area contributed by atoms with E-state index in [1.54, 1.807) is 23.1 Å². The summed E-state index contributed by atoms with van der Waals surface area (Å²) in [5.74, 6) is -0.303. The molecule has 0 radical (unpaired) electrons. The Bertz CT molecular complexity index is 1140. The molecule has 1 amide bonds. The molecule has 0 saturated carbocycles. The lowest BCUT2D eigenvalue weighted by Crippen LogP contribution is -2.40. The fourth-order valence-corrected chi connectivity index (χ4v) is 3.89. The van der Waals surface area contributed by atoms with E-state index in [9.17, 15) is 22.4 Å². The molecule has 0 fully saturated rings. The molecule has 3 aromatic rings. The minimum Gasteiger partial charge on any atom is -0.495 e. The zero-order valence-electron chi connectivity index (χ0n) is 19.1. The molecule has 186 valence electrons. The molecule has 0 bridgehead atoms. The van der Waals surface area contributed by atoms with E-state index in [1.165, 1.54) is 50.7 Å². The Labute approximate surface area is 205 Å². The molecule has 2 aromatic carbocycles. The van der Waals surface area contributed by atoms with E-state index in [1.807, 2.05) is 0 Å². The van der Waals surface area contributed by atoms with E-state index in [4.69, 9.17) is 16.3 Å². The van der Waals surface area contributed by atoms with Crippen LogP contribution < -0.4 is 15.0 Å². The number of aromatic nitrogens is 1. The summed E-state index contributed by atoms with van der Waals surface area (Å²) in [6, 6.07) is 12.1. The number of pyridine rings is 1. The number of nitrogens with zero attached hydrogens (tertiary/aromatic N) is 2. The summed E-state index contributed by atoms with van der Waals surface area (Å²) in [7, 11) is 2.99. The van der Waals surface area contributed by atoms with E-state index >= 15 is 0 Å². The van der Waals surface area contributed by atoms with Gasteiger partial charge in [-0.15, -0.1) is 0 Å². The van der Waals surface area contributed by atoms with Gasteiger partial charge in [-0.1, -0.05) is 29.8 Å². The van der Waals surface area contributed by atoms with Gasteiger partial charge in [-0.3, -0.25) is 9.78 Å². The van der Waals surface area contributed by atoms with Crippen LogP contribution in [0.4, 0.5) is 23.2 Å². The fraction of sp³-hybridized carbons (Fsp3) is 0.280. The highest BCUT2D eigenvalue weighted by Gasteiger charge is 2.32. The number of benzene rings is 2. The van der Waals surface area contributed by atoms with Gasteiger partial charge in [0.1, 0.15) is 23.3 Å². The van der Waals surface area contributed by atoms with Gasteiger partial charge < -0.3 is 15.0 Å². The highest BCUT2D eigenvalue weighted by molar-refractivity contribution is 6.31. The topological polar surface area (TPSA) is 54.5 Å². The number of nitrogens with one attached hydrogen (secondary N) is 1. The largest absolute Gasteiger partial charge is 0.495 e. The van der Waals surface area contributed by atoms with Crippen molar-refractivity contribution in [3.63, 3.8) is 0 Å². The summed E-state index contributed by atoms with van der Waals surface area (Å²) < 4.78 is 57.5. The maximum absolute atomic E-state index is 13.6. The van der Waals surface area contributed by atoms with Crippen LogP contribution in [0.15, 0.2) is 60.8 Å². The van der Waals surface area contributed by atoms with Gasteiger partial charge in [0.25, 0.3) is 0 Å². The molecular formula is C25H24ClF4N3O2. The van der Waals surface area contributed by atoms with E-state index in [0.717, 1.165) is 6.07 Å². The summed E-state index contributed by atoms with van der Waals surface area (Å²) in [5.41, 5.74) is 0.754. The second-order valence-electron chi connectivity index (χ2n) is 7.73. The third kappa shape index (κ3) is 6.63. The van der Waals surface area contributed by atoms with Crippen LogP contribution >= 0.6 is 11.6 Å². The van der Waals surface area contributed by atoms with Crippen LogP contribution in [-0.2, 0) is 17.4 Å². The van der Waals surface area contributed by atoms with Gasteiger partial charge in [-0.25, -0.2) is 4.39 Å². The number of alkyl halides is 3. The molecule has 0 aliphatic carbocycles. The lowest BCUT2D eigenvalue weighted by Gasteiger charge is -2.34. The molecule has 10 heteroatoms. The molecule has 1 heterocycles. The molecular weight excluding hydrogens is 486 g/mol. The number of likely N-dealkylation sites (N-methyl/N-ethyl adjacent to an activating group) is 1. The third-order valence-electron chi connectivity index (χ3n) is 5.42. The first kappa shape index (κ1) is 26.3. The molecule has 0 aliphatic rings. The second-order valence-corrected chi connectivity index (χ2v) is 8.17. The second kappa shape index (κ2) is 11.4. The monoisotopic (exact) mass is 509 g/mol. The molecule has 0 aliphatic heterocycles. The normalized spacial score (nSPS) is 12.2. The van der Waals surface area contributed by atoms with Crippen molar-refractivity contribution < 1.29 is 27.1 Å². The van der Waals surface area contributed by atoms with Gasteiger partial charge in [-0.05, 0) is 60.4 Å². The number of carbonyl (C=O) groups excluding carboxylic acids is 1. The predicted octanol–water partition coefficient (Wildman–Crippen LogP) is 5.83. The molecule has 5 nitrogen and oxygen atoms in total. The van der Waals surface area contributed by atoms with Gasteiger partial charge in [0.2, 0.25) is 5.91 Å². The quantitative estimate of drug-likeness (QED) is 0.369. The van der Waals surface area contributed by atoms with E-state index in [-0.39, 0.29) is 5.91 Å². The lowest BCUT2D eigenvalue weighted by molar-refractivity contribution is -0.141. The Hall–Kier alpha value is -3.33. The molecule has 35 heavy (non-hydrogen) atoms. The van der Waals surface area contributed by atoms with Crippen LogP contribution in [0, 0.1) is 5.82 Å². The van der Waals surface area contributed by atoms with Crippen molar-refractivity contribution in [2.45, 2.75) is 25.1 Å². The number of anilines is 1. The average molecular weight is 510 g/mol. The fourth-order valence-electron chi connectivity index (χ4n) is 3.72. The Balaban J connectivity index is 1.94. The molecule has 1 aromatic heterocycles. The lowest BCUT2D eigenvalue weighted by atomic mass is 10.0. The minimum absolute atomic E-state index is 0.313. The molecule has 1 N–H and O–H groups in total. The van der Waals surface area contributed by atoms with Crippen LogP contribution in [0.3, 0.4) is 0 Å². The zero-order valence-corrected chi connectivity index (χ0v) is 19.8. The average Bonchev–Trinajstić information content (AvgIpc) is 2.84. The molecule has 1 atom stereocenters. The van der Waals surface area contributed by atoms with Gasteiger partial charge >= 0.3 is 6.18 Å². The zero-order chi connectivity index (χ0) is 25.6.